The highest BCUT2D eigenvalue weighted by molar-refractivity contribution is 5.79. The summed E-state index contributed by atoms with van der Waals surface area (Å²) in [6.07, 6.45) is 0. The first-order valence-electron chi connectivity index (χ1n) is 2.89. The van der Waals surface area contributed by atoms with Crippen molar-refractivity contribution in [1.82, 2.24) is 10.6 Å². The normalized spacial score (nSPS) is 8.82. The molecule has 6 heteroatoms. The predicted octanol–water partition coefficient (Wildman–Crippen LogP) is -1.03. The third kappa shape index (κ3) is 6.59. The lowest BCUT2D eigenvalue weighted by Crippen LogP contribution is -2.39. The Hall–Kier alpha value is -1.30. The van der Waals surface area contributed by atoms with Crippen LogP contribution in [-0.2, 0) is 9.53 Å². The molecule has 0 saturated heterocycles. The number of urea groups is 1. The second-order valence-corrected chi connectivity index (χ2v) is 1.69. The van der Waals surface area contributed by atoms with E-state index in [2.05, 4.69) is 15.4 Å². The number of rotatable bonds is 4. The molecule has 64 valence electrons. The van der Waals surface area contributed by atoms with E-state index in [1.54, 1.807) is 0 Å². The first-order valence-corrected chi connectivity index (χ1v) is 2.89. The molecule has 2 amide bonds. The van der Waals surface area contributed by atoms with Crippen LogP contribution in [0.3, 0.4) is 0 Å². The van der Waals surface area contributed by atoms with Gasteiger partial charge in [-0.15, -0.1) is 0 Å². The van der Waals surface area contributed by atoms with Gasteiger partial charge in [-0.25, -0.2) is 4.79 Å². The highest BCUT2D eigenvalue weighted by atomic mass is 16.5. The topological polar surface area (TPSA) is 87.7 Å². The van der Waals surface area contributed by atoms with Crippen molar-refractivity contribution in [2.24, 2.45) is 0 Å². The van der Waals surface area contributed by atoms with E-state index >= 15 is 0 Å². The molecule has 0 aliphatic rings. The van der Waals surface area contributed by atoms with Crippen LogP contribution in [0.2, 0.25) is 0 Å². The zero-order valence-corrected chi connectivity index (χ0v) is 6.09. The molecule has 0 bridgehead atoms. The standard InChI is InChI=1S/C5H10N2O4/c1-11-3-7-5(10)6-2-4(8)9/h2-3H2,1H3,(H,8,9)(H2,6,7,10). The van der Waals surface area contributed by atoms with Gasteiger partial charge in [-0.3, -0.25) is 4.79 Å². The summed E-state index contributed by atoms with van der Waals surface area (Å²) < 4.78 is 4.50. The van der Waals surface area contributed by atoms with Gasteiger partial charge in [0.1, 0.15) is 13.3 Å². The zero-order chi connectivity index (χ0) is 8.69. The van der Waals surface area contributed by atoms with Crippen LogP contribution in [0.5, 0.6) is 0 Å². The molecule has 6 nitrogen and oxygen atoms in total. The average Bonchev–Trinajstić information content (AvgIpc) is 1.97. The Balaban J connectivity index is 3.30. The summed E-state index contributed by atoms with van der Waals surface area (Å²) >= 11 is 0. The number of nitrogens with one attached hydrogen (secondary N) is 2. The number of carboxylic acid groups (broad SMARTS) is 1. The Morgan fingerprint density at radius 1 is 1.45 bits per heavy atom. The fourth-order valence-corrected chi connectivity index (χ4v) is 0.356. The van der Waals surface area contributed by atoms with Gasteiger partial charge in [-0.1, -0.05) is 0 Å². The molecule has 0 heterocycles. The Bertz CT molecular complexity index is 147. The number of methoxy groups -OCH3 is 1. The summed E-state index contributed by atoms with van der Waals surface area (Å²) in [5, 5.41) is 12.5. The van der Waals surface area contributed by atoms with E-state index in [4.69, 9.17) is 5.11 Å². The number of amides is 2. The molecule has 0 spiro atoms. The fraction of sp³-hybridized carbons (Fsp3) is 0.600. The number of carbonyl (C=O) groups excluding carboxylic acids is 1. The van der Waals surface area contributed by atoms with E-state index in [0.717, 1.165) is 0 Å². The fourth-order valence-electron chi connectivity index (χ4n) is 0.356. The second-order valence-electron chi connectivity index (χ2n) is 1.69. The Labute approximate surface area is 63.5 Å². The van der Waals surface area contributed by atoms with Gasteiger partial charge in [0.2, 0.25) is 0 Å². The maximum Gasteiger partial charge on any atom is 0.323 e. The van der Waals surface area contributed by atoms with Crippen LogP contribution in [-0.4, -0.2) is 37.5 Å². The van der Waals surface area contributed by atoms with E-state index < -0.39 is 18.5 Å². The van der Waals surface area contributed by atoms with Crippen molar-refractivity contribution < 1.29 is 19.4 Å². The van der Waals surface area contributed by atoms with Gasteiger partial charge in [0.25, 0.3) is 0 Å². The molecule has 0 rings (SSSR count). The quantitative estimate of drug-likeness (QED) is 0.461. The SMILES string of the molecule is COCNC(=O)NCC(=O)O. The van der Waals surface area contributed by atoms with Crippen LogP contribution >= 0.6 is 0 Å². The molecule has 0 radical (unpaired) electrons. The summed E-state index contributed by atoms with van der Waals surface area (Å²) in [6, 6.07) is -0.561. The van der Waals surface area contributed by atoms with Gasteiger partial charge < -0.3 is 20.5 Å². The molecular formula is C5H10N2O4. The maximum absolute atomic E-state index is 10.5. The minimum Gasteiger partial charge on any atom is -0.480 e. The van der Waals surface area contributed by atoms with Gasteiger partial charge in [0.15, 0.2) is 0 Å². The highest BCUT2D eigenvalue weighted by Crippen LogP contribution is 1.65. The molecule has 0 aliphatic heterocycles. The molecule has 0 saturated carbocycles. The lowest BCUT2D eigenvalue weighted by atomic mass is 10.6. The van der Waals surface area contributed by atoms with Crippen molar-refractivity contribution in [1.29, 1.82) is 0 Å². The third-order valence-electron chi connectivity index (χ3n) is 0.777. The molecule has 11 heavy (non-hydrogen) atoms. The first-order chi connectivity index (χ1) is 5.16. The van der Waals surface area contributed by atoms with Crippen molar-refractivity contribution in [3.8, 4) is 0 Å². The summed E-state index contributed by atoms with van der Waals surface area (Å²) in [4.78, 5) is 20.4. The van der Waals surface area contributed by atoms with Crippen molar-refractivity contribution >= 4 is 12.0 Å². The summed E-state index contributed by atoms with van der Waals surface area (Å²) in [6.45, 7) is -0.332. The second kappa shape index (κ2) is 5.48. The zero-order valence-electron chi connectivity index (χ0n) is 6.09. The molecule has 0 atom stereocenters. The van der Waals surface area contributed by atoms with E-state index in [1.165, 1.54) is 7.11 Å². The molecular weight excluding hydrogens is 152 g/mol. The molecule has 0 fully saturated rings. The minimum atomic E-state index is -1.09. The first kappa shape index (κ1) is 9.70. The summed E-state index contributed by atoms with van der Waals surface area (Å²) in [7, 11) is 1.41. The Morgan fingerprint density at radius 2 is 2.09 bits per heavy atom. The predicted molar refractivity (Wildman–Crippen MR) is 36.0 cm³/mol. The van der Waals surface area contributed by atoms with Gasteiger partial charge in [-0.2, -0.15) is 0 Å². The molecule has 0 aromatic heterocycles. The smallest absolute Gasteiger partial charge is 0.323 e. The molecule has 0 aliphatic carbocycles. The minimum absolute atomic E-state index is 0.0610. The van der Waals surface area contributed by atoms with Crippen molar-refractivity contribution in [2.75, 3.05) is 20.4 Å². The van der Waals surface area contributed by atoms with E-state index in [-0.39, 0.29) is 6.73 Å². The van der Waals surface area contributed by atoms with Crippen LogP contribution in [0.4, 0.5) is 4.79 Å². The van der Waals surface area contributed by atoms with Crippen LogP contribution < -0.4 is 10.6 Å². The van der Waals surface area contributed by atoms with Gasteiger partial charge in [0, 0.05) is 7.11 Å². The van der Waals surface area contributed by atoms with Crippen LogP contribution in [0.25, 0.3) is 0 Å². The van der Waals surface area contributed by atoms with Gasteiger partial charge in [-0.05, 0) is 0 Å². The van der Waals surface area contributed by atoms with E-state index in [0.29, 0.717) is 0 Å². The van der Waals surface area contributed by atoms with Crippen LogP contribution in [0.1, 0.15) is 0 Å². The van der Waals surface area contributed by atoms with E-state index in [1.807, 2.05) is 0 Å². The Kier molecular flexibility index (Phi) is 4.83. The number of carbonyl (C=O) groups is 2. The number of hydrogen-bond acceptors (Lipinski definition) is 3. The molecule has 0 aromatic carbocycles. The van der Waals surface area contributed by atoms with Gasteiger partial charge >= 0.3 is 12.0 Å². The Morgan fingerprint density at radius 3 is 2.55 bits per heavy atom. The molecule has 0 aromatic rings. The summed E-state index contributed by atoms with van der Waals surface area (Å²) in [5.74, 6) is -1.09. The van der Waals surface area contributed by atoms with E-state index in [9.17, 15) is 9.59 Å². The molecule has 0 unspecified atom stereocenters. The van der Waals surface area contributed by atoms with Crippen molar-refractivity contribution in [2.45, 2.75) is 0 Å². The molecule has 3 N–H and O–H groups in total. The maximum atomic E-state index is 10.5. The van der Waals surface area contributed by atoms with Crippen molar-refractivity contribution in [3.63, 3.8) is 0 Å². The number of hydrogen-bond donors (Lipinski definition) is 3. The highest BCUT2D eigenvalue weighted by Gasteiger charge is 2.00. The largest absolute Gasteiger partial charge is 0.480 e. The lowest BCUT2D eigenvalue weighted by Gasteiger charge is -2.02. The third-order valence-corrected chi connectivity index (χ3v) is 0.777. The monoisotopic (exact) mass is 162 g/mol. The number of ether oxygens (including phenoxy) is 1. The lowest BCUT2D eigenvalue weighted by molar-refractivity contribution is -0.135. The van der Waals surface area contributed by atoms with Crippen LogP contribution in [0.15, 0.2) is 0 Å². The number of carboxylic acids is 1. The number of aliphatic carboxylic acids is 1. The summed E-state index contributed by atoms with van der Waals surface area (Å²) in [5.41, 5.74) is 0. The van der Waals surface area contributed by atoms with Gasteiger partial charge in [0.05, 0.1) is 0 Å². The average molecular weight is 162 g/mol. The van der Waals surface area contributed by atoms with Crippen LogP contribution in [0, 0.1) is 0 Å². The van der Waals surface area contributed by atoms with Crippen molar-refractivity contribution in [3.05, 3.63) is 0 Å².